The summed E-state index contributed by atoms with van der Waals surface area (Å²) in [6, 6.07) is 6.50. The number of alkyl halides is 3. The summed E-state index contributed by atoms with van der Waals surface area (Å²) in [7, 11) is 0. The number of hydrogen-bond acceptors (Lipinski definition) is 3. The highest BCUT2D eigenvalue weighted by molar-refractivity contribution is 5.86. The van der Waals surface area contributed by atoms with Crippen molar-refractivity contribution in [3.63, 3.8) is 0 Å². The molecule has 1 aromatic carbocycles. The number of nitrogens with two attached hydrogens (primary N) is 1. The van der Waals surface area contributed by atoms with E-state index in [1.807, 2.05) is 0 Å². The molecule has 0 spiro atoms. The number of carbonyl (C=O) groups is 1. The van der Waals surface area contributed by atoms with Crippen LogP contribution in [0.1, 0.15) is 19.4 Å². The lowest BCUT2D eigenvalue weighted by Crippen LogP contribution is -2.41. The molecule has 0 aliphatic carbocycles. The van der Waals surface area contributed by atoms with E-state index in [4.69, 9.17) is 5.73 Å². The molecule has 1 amide bonds. The topological polar surface area (TPSA) is 64.3 Å². The zero-order valence-electron chi connectivity index (χ0n) is 10.5. The van der Waals surface area contributed by atoms with Gasteiger partial charge in [-0.25, -0.2) is 5.48 Å². The molecule has 0 unspecified atom stereocenters. The first-order valence-corrected chi connectivity index (χ1v) is 5.48. The molecule has 4 nitrogen and oxygen atoms in total. The second-order valence-electron chi connectivity index (χ2n) is 4.58. The number of nitrogens with one attached hydrogen (secondary N) is 1. The molecule has 0 radical (unpaired) electrons. The molecule has 0 aliphatic heterocycles. The number of hydroxylamine groups is 1. The van der Waals surface area contributed by atoms with Gasteiger partial charge in [0, 0.05) is 5.69 Å². The first kappa shape index (κ1) is 15.3. The average Bonchev–Trinajstić information content (AvgIpc) is 2.27. The monoisotopic (exact) mass is 276 g/mol. The number of hydrogen-bond donors (Lipinski definition) is 2. The first-order valence-electron chi connectivity index (χ1n) is 5.48. The summed E-state index contributed by atoms with van der Waals surface area (Å²) in [5, 5.41) is 0. The van der Waals surface area contributed by atoms with Gasteiger partial charge in [0.25, 0.3) is 5.91 Å². The minimum atomic E-state index is -4.49. The van der Waals surface area contributed by atoms with E-state index < -0.39 is 24.1 Å². The van der Waals surface area contributed by atoms with Crippen LogP contribution in [0.2, 0.25) is 0 Å². The second-order valence-corrected chi connectivity index (χ2v) is 4.58. The lowest BCUT2D eigenvalue weighted by molar-refractivity contribution is -0.193. The lowest BCUT2D eigenvalue weighted by atomic mass is 9.84. The Labute approximate surface area is 108 Å². The Bertz CT molecular complexity index is 441. The Morgan fingerprint density at radius 1 is 1.26 bits per heavy atom. The Morgan fingerprint density at radius 3 is 2.26 bits per heavy atom. The summed E-state index contributed by atoms with van der Waals surface area (Å²) < 4.78 is 35.6. The standard InChI is InChI=1S/C12H15F3N2O2/c1-11(2,8-3-5-9(16)6-4-8)10(18)17-19-7-12(13,14)15/h3-6H,7,16H2,1-2H3,(H,17,18). The van der Waals surface area contributed by atoms with Gasteiger partial charge in [0.1, 0.15) is 0 Å². The summed E-state index contributed by atoms with van der Waals surface area (Å²) in [5.41, 5.74) is 7.45. The van der Waals surface area contributed by atoms with Gasteiger partial charge in [-0.3, -0.25) is 9.63 Å². The van der Waals surface area contributed by atoms with Crippen molar-refractivity contribution < 1.29 is 22.8 Å². The van der Waals surface area contributed by atoms with Crippen LogP contribution in [-0.4, -0.2) is 18.7 Å². The van der Waals surface area contributed by atoms with E-state index in [-0.39, 0.29) is 0 Å². The van der Waals surface area contributed by atoms with Crippen molar-refractivity contribution in [2.24, 2.45) is 0 Å². The second kappa shape index (κ2) is 5.48. The molecule has 0 heterocycles. The smallest absolute Gasteiger partial charge is 0.399 e. The van der Waals surface area contributed by atoms with Crippen molar-refractivity contribution in [3.8, 4) is 0 Å². The summed E-state index contributed by atoms with van der Waals surface area (Å²) in [4.78, 5) is 15.9. The lowest BCUT2D eigenvalue weighted by Gasteiger charge is -2.24. The van der Waals surface area contributed by atoms with E-state index in [0.29, 0.717) is 11.3 Å². The zero-order chi connectivity index (χ0) is 14.7. The molecule has 0 saturated carbocycles. The van der Waals surface area contributed by atoms with Crippen LogP contribution >= 0.6 is 0 Å². The van der Waals surface area contributed by atoms with Gasteiger partial charge in [-0.2, -0.15) is 13.2 Å². The fraction of sp³-hybridized carbons (Fsp3) is 0.417. The number of benzene rings is 1. The van der Waals surface area contributed by atoms with Gasteiger partial charge in [-0.1, -0.05) is 12.1 Å². The zero-order valence-corrected chi connectivity index (χ0v) is 10.5. The van der Waals surface area contributed by atoms with Gasteiger partial charge < -0.3 is 5.73 Å². The van der Waals surface area contributed by atoms with Crippen molar-refractivity contribution in [1.82, 2.24) is 5.48 Å². The van der Waals surface area contributed by atoms with Gasteiger partial charge in [-0.15, -0.1) is 0 Å². The molecular weight excluding hydrogens is 261 g/mol. The number of anilines is 1. The van der Waals surface area contributed by atoms with Crippen molar-refractivity contribution in [1.29, 1.82) is 0 Å². The highest BCUT2D eigenvalue weighted by Crippen LogP contribution is 2.24. The molecule has 7 heteroatoms. The maximum absolute atomic E-state index is 11.9. The van der Waals surface area contributed by atoms with Gasteiger partial charge in [0.15, 0.2) is 6.61 Å². The third-order valence-corrected chi connectivity index (χ3v) is 2.60. The molecular formula is C12H15F3N2O2. The molecule has 0 aromatic heterocycles. The van der Waals surface area contributed by atoms with E-state index in [2.05, 4.69) is 4.84 Å². The van der Waals surface area contributed by atoms with Crippen molar-refractivity contribution in [3.05, 3.63) is 29.8 Å². The Balaban J connectivity index is 2.66. The number of amides is 1. The minimum absolute atomic E-state index is 0.535. The van der Waals surface area contributed by atoms with Gasteiger partial charge in [0.2, 0.25) is 0 Å². The summed E-state index contributed by atoms with van der Waals surface area (Å²) in [6.45, 7) is 1.62. The largest absolute Gasteiger partial charge is 0.414 e. The quantitative estimate of drug-likeness (QED) is 0.654. The molecule has 0 aliphatic rings. The van der Waals surface area contributed by atoms with Crippen LogP contribution in [0.25, 0.3) is 0 Å². The maximum atomic E-state index is 11.9. The third kappa shape index (κ3) is 4.44. The molecule has 19 heavy (non-hydrogen) atoms. The molecule has 1 aromatic rings. The van der Waals surface area contributed by atoms with Crippen LogP contribution in [0.5, 0.6) is 0 Å². The van der Waals surface area contributed by atoms with E-state index in [1.54, 1.807) is 43.6 Å². The van der Waals surface area contributed by atoms with E-state index in [1.165, 1.54) is 0 Å². The van der Waals surface area contributed by atoms with Crippen LogP contribution in [0.4, 0.5) is 18.9 Å². The molecule has 0 fully saturated rings. The number of nitrogen functional groups attached to an aromatic ring is 1. The highest BCUT2D eigenvalue weighted by Gasteiger charge is 2.32. The molecule has 3 N–H and O–H groups in total. The van der Waals surface area contributed by atoms with Crippen LogP contribution in [-0.2, 0) is 15.0 Å². The fourth-order valence-corrected chi connectivity index (χ4v) is 1.34. The Kier molecular flexibility index (Phi) is 4.41. The number of halogens is 3. The predicted octanol–water partition coefficient (Wildman–Crippen LogP) is 2.16. The van der Waals surface area contributed by atoms with Crippen LogP contribution in [0, 0.1) is 0 Å². The van der Waals surface area contributed by atoms with Crippen molar-refractivity contribution >= 4 is 11.6 Å². The first-order chi connectivity index (χ1) is 8.63. The summed E-state index contributed by atoms with van der Waals surface area (Å²) in [5.74, 6) is -0.665. The van der Waals surface area contributed by atoms with E-state index in [0.717, 1.165) is 0 Å². The van der Waals surface area contributed by atoms with Crippen LogP contribution in [0.3, 0.4) is 0 Å². The normalized spacial score (nSPS) is 12.3. The number of rotatable bonds is 4. The highest BCUT2D eigenvalue weighted by atomic mass is 19.4. The maximum Gasteiger partial charge on any atom is 0.414 e. The molecule has 0 saturated heterocycles. The predicted molar refractivity (Wildman–Crippen MR) is 64.0 cm³/mol. The van der Waals surface area contributed by atoms with Crippen molar-refractivity contribution in [2.75, 3.05) is 12.3 Å². The average molecular weight is 276 g/mol. The van der Waals surface area contributed by atoms with E-state index >= 15 is 0 Å². The Hall–Kier alpha value is -1.76. The molecule has 1 rings (SSSR count). The third-order valence-electron chi connectivity index (χ3n) is 2.60. The Morgan fingerprint density at radius 2 is 1.79 bits per heavy atom. The summed E-state index contributed by atoms with van der Waals surface area (Å²) >= 11 is 0. The molecule has 0 atom stereocenters. The van der Waals surface area contributed by atoms with Crippen molar-refractivity contribution in [2.45, 2.75) is 25.4 Å². The molecule has 0 bridgehead atoms. The molecule has 106 valence electrons. The van der Waals surface area contributed by atoms with Gasteiger partial charge >= 0.3 is 6.18 Å². The van der Waals surface area contributed by atoms with Gasteiger partial charge in [0.05, 0.1) is 5.41 Å². The van der Waals surface area contributed by atoms with Crippen LogP contribution in [0.15, 0.2) is 24.3 Å². The number of carbonyl (C=O) groups excluding carboxylic acids is 1. The fourth-order valence-electron chi connectivity index (χ4n) is 1.34. The summed E-state index contributed by atoms with van der Waals surface area (Å²) in [6.07, 6.45) is -4.49. The SMILES string of the molecule is CC(C)(C(=O)NOCC(F)(F)F)c1ccc(N)cc1. The van der Waals surface area contributed by atoms with E-state index in [9.17, 15) is 18.0 Å². The van der Waals surface area contributed by atoms with Crippen LogP contribution < -0.4 is 11.2 Å². The minimum Gasteiger partial charge on any atom is -0.399 e. The van der Waals surface area contributed by atoms with Gasteiger partial charge in [-0.05, 0) is 31.5 Å².